The molecule has 28 heavy (non-hydrogen) atoms. The molecule has 1 rings (SSSR count). The predicted octanol–water partition coefficient (Wildman–Crippen LogP) is 1.46. The Morgan fingerprint density at radius 1 is 1.04 bits per heavy atom. The van der Waals surface area contributed by atoms with E-state index in [2.05, 4.69) is 15.5 Å². The van der Waals surface area contributed by atoms with Crippen molar-refractivity contribution in [2.45, 2.75) is 26.3 Å². The molecule has 1 aromatic carbocycles. The highest BCUT2D eigenvalue weighted by atomic mass is 35.5. The molecule has 5 N–H and O–H groups in total. The summed E-state index contributed by atoms with van der Waals surface area (Å²) in [6.45, 7) is 4.53. The van der Waals surface area contributed by atoms with Crippen LogP contribution in [0.2, 0.25) is 0 Å². The largest absolute Gasteiger partial charge is 0.493 e. The minimum atomic E-state index is 0. The van der Waals surface area contributed by atoms with Crippen LogP contribution in [-0.2, 0) is 4.84 Å². The summed E-state index contributed by atoms with van der Waals surface area (Å²) >= 11 is 0. The summed E-state index contributed by atoms with van der Waals surface area (Å²) < 4.78 is 21.5. The van der Waals surface area contributed by atoms with Gasteiger partial charge in [-0.25, -0.2) is 10.5 Å². The first kappa shape index (κ1) is 25.4. The molecule has 0 saturated heterocycles. The van der Waals surface area contributed by atoms with E-state index < -0.39 is 0 Å². The number of nitrogens with zero attached hydrogens (tertiary/aromatic N) is 2. The molecule has 160 valence electrons. The van der Waals surface area contributed by atoms with Gasteiger partial charge in [-0.1, -0.05) is 0 Å². The summed E-state index contributed by atoms with van der Waals surface area (Å²) in [5.74, 6) is 2.27. The van der Waals surface area contributed by atoms with Crippen LogP contribution in [0, 0.1) is 0 Å². The Balaban J connectivity index is 0.00000729. The van der Waals surface area contributed by atoms with Crippen molar-refractivity contribution in [1.82, 2.24) is 5.48 Å². The summed E-state index contributed by atoms with van der Waals surface area (Å²) in [7, 11) is 4.64. The van der Waals surface area contributed by atoms with Crippen LogP contribution in [0.15, 0.2) is 22.1 Å². The number of halogens is 1. The molecular formula is C17H30ClN5O5. The summed E-state index contributed by atoms with van der Waals surface area (Å²) in [6.07, 6.45) is 0.604. The van der Waals surface area contributed by atoms with Crippen molar-refractivity contribution in [3.8, 4) is 23.0 Å². The Kier molecular flexibility index (Phi) is 12.3. The van der Waals surface area contributed by atoms with Gasteiger partial charge in [-0.05, 0) is 13.8 Å². The Morgan fingerprint density at radius 2 is 1.64 bits per heavy atom. The van der Waals surface area contributed by atoms with Crippen LogP contribution >= 0.6 is 12.4 Å². The first-order valence-electron chi connectivity index (χ1n) is 8.39. The highest BCUT2D eigenvalue weighted by molar-refractivity contribution is 5.92. The molecule has 11 heteroatoms. The van der Waals surface area contributed by atoms with Gasteiger partial charge in [0.1, 0.15) is 5.75 Å². The van der Waals surface area contributed by atoms with Gasteiger partial charge in [0.25, 0.3) is 0 Å². The van der Waals surface area contributed by atoms with E-state index in [1.54, 1.807) is 33.5 Å². The first-order chi connectivity index (χ1) is 12.9. The molecule has 0 amide bonds. The molecule has 0 bridgehead atoms. The van der Waals surface area contributed by atoms with Crippen molar-refractivity contribution in [3.63, 3.8) is 0 Å². The van der Waals surface area contributed by atoms with Crippen LogP contribution in [0.25, 0.3) is 0 Å². The Labute approximate surface area is 171 Å². The Hall–Kier alpha value is -2.59. The van der Waals surface area contributed by atoms with E-state index in [0.717, 1.165) is 0 Å². The number of ether oxygens (including phenoxy) is 4. The van der Waals surface area contributed by atoms with E-state index >= 15 is 0 Å². The van der Waals surface area contributed by atoms with E-state index in [-0.39, 0.29) is 30.4 Å². The third-order valence-electron chi connectivity index (χ3n) is 3.10. The molecule has 0 aliphatic rings. The average Bonchev–Trinajstić information content (AvgIpc) is 2.62. The SMILES string of the molecule is COc1cc(OCCCONC(N)=NC(N)=NC(C)C)cc(OC)c1OC.Cl. The van der Waals surface area contributed by atoms with Gasteiger partial charge in [0, 0.05) is 24.6 Å². The van der Waals surface area contributed by atoms with Gasteiger partial charge in [0.15, 0.2) is 11.5 Å². The molecule has 0 aliphatic heterocycles. The lowest BCUT2D eigenvalue weighted by Crippen LogP contribution is -2.34. The highest BCUT2D eigenvalue weighted by Gasteiger charge is 2.13. The molecule has 0 fully saturated rings. The molecule has 0 aliphatic carbocycles. The van der Waals surface area contributed by atoms with Crippen LogP contribution < -0.4 is 35.9 Å². The topological polar surface area (TPSA) is 135 Å². The molecule has 0 radical (unpaired) electrons. The fraction of sp³-hybridized carbons (Fsp3) is 0.529. The maximum absolute atomic E-state index is 5.68. The smallest absolute Gasteiger partial charge is 0.221 e. The molecule has 0 saturated carbocycles. The predicted molar refractivity (Wildman–Crippen MR) is 111 cm³/mol. The van der Waals surface area contributed by atoms with Crippen molar-refractivity contribution in [3.05, 3.63) is 12.1 Å². The first-order valence-corrected chi connectivity index (χ1v) is 8.39. The molecular weight excluding hydrogens is 390 g/mol. The molecule has 0 unspecified atom stereocenters. The van der Waals surface area contributed by atoms with Crippen molar-refractivity contribution >= 4 is 24.3 Å². The Bertz CT molecular complexity index is 630. The number of guanidine groups is 2. The maximum Gasteiger partial charge on any atom is 0.221 e. The van der Waals surface area contributed by atoms with Crippen LogP contribution in [0.4, 0.5) is 0 Å². The molecule has 0 aromatic heterocycles. The average molecular weight is 420 g/mol. The summed E-state index contributed by atoms with van der Waals surface area (Å²) in [6, 6.07) is 3.49. The van der Waals surface area contributed by atoms with Gasteiger partial charge in [0.05, 0.1) is 34.5 Å². The standard InChI is InChI=1S/C17H29N5O5.ClH/c1-11(2)20-16(18)21-17(19)22-27-8-6-7-26-12-9-13(23-3)15(25-5)14(10-12)24-4;/h9-11H,6-8H2,1-5H3,(H5,18,19,20,21,22);1H. The van der Waals surface area contributed by atoms with Crippen LogP contribution in [-0.4, -0.2) is 52.5 Å². The van der Waals surface area contributed by atoms with E-state index in [1.807, 2.05) is 13.8 Å². The second-order valence-electron chi connectivity index (χ2n) is 5.59. The normalized spacial score (nSPS) is 11.6. The number of hydrogen-bond donors (Lipinski definition) is 3. The third kappa shape index (κ3) is 8.87. The molecule has 10 nitrogen and oxygen atoms in total. The van der Waals surface area contributed by atoms with Gasteiger partial charge in [-0.2, -0.15) is 4.99 Å². The number of nitrogens with one attached hydrogen (secondary N) is 1. The number of hydrogen-bond acceptors (Lipinski definition) is 6. The minimum absolute atomic E-state index is 0. The number of hydroxylamine groups is 1. The lowest BCUT2D eigenvalue weighted by atomic mass is 10.2. The third-order valence-corrected chi connectivity index (χ3v) is 3.10. The van der Waals surface area contributed by atoms with Crippen molar-refractivity contribution in [2.75, 3.05) is 34.5 Å². The minimum Gasteiger partial charge on any atom is -0.493 e. The van der Waals surface area contributed by atoms with Crippen LogP contribution in [0.1, 0.15) is 20.3 Å². The highest BCUT2D eigenvalue weighted by Crippen LogP contribution is 2.40. The zero-order chi connectivity index (χ0) is 20.2. The molecule has 0 spiro atoms. The number of benzene rings is 1. The van der Waals surface area contributed by atoms with Crippen molar-refractivity contribution < 1.29 is 23.8 Å². The van der Waals surface area contributed by atoms with Crippen molar-refractivity contribution in [2.24, 2.45) is 21.5 Å². The summed E-state index contributed by atoms with van der Waals surface area (Å²) in [5.41, 5.74) is 13.7. The lowest BCUT2D eigenvalue weighted by molar-refractivity contribution is 0.0738. The number of rotatable bonds is 10. The van der Waals surface area contributed by atoms with E-state index in [1.165, 1.54) is 0 Å². The monoisotopic (exact) mass is 419 g/mol. The quantitative estimate of drug-likeness (QED) is 0.224. The second-order valence-corrected chi connectivity index (χ2v) is 5.59. The zero-order valence-corrected chi connectivity index (χ0v) is 17.7. The molecule has 1 aromatic rings. The Morgan fingerprint density at radius 3 is 2.14 bits per heavy atom. The number of nitrogens with two attached hydrogens (primary N) is 2. The van der Waals surface area contributed by atoms with Crippen LogP contribution in [0.3, 0.4) is 0 Å². The maximum atomic E-state index is 5.68. The van der Waals surface area contributed by atoms with Crippen molar-refractivity contribution in [1.29, 1.82) is 0 Å². The second kappa shape index (κ2) is 13.6. The van der Waals surface area contributed by atoms with E-state index in [0.29, 0.717) is 42.6 Å². The summed E-state index contributed by atoms with van der Waals surface area (Å²) in [5, 5.41) is 0. The van der Waals surface area contributed by atoms with Gasteiger partial charge in [0.2, 0.25) is 17.7 Å². The van der Waals surface area contributed by atoms with E-state index in [9.17, 15) is 0 Å². The summed E-state index contributed by atoms with van der Waals surface area (Å²) in [4.78, 5) is 13.1. The lowest BCUT2D eigenvalue weighted by Gasteiger charge is -2.14. The molecule has 0 atom stereocenters. The fourth-order valence-electron chi connectivity index (χ4n) is 2.03. The van der Waals surface area contributed by atoms with Gasteiger partial charge >= 0.3 is 0 Å². The van der Waals surface area contributed by atoms with Gasteiger partial charge < -0.3 is 30.4 Å². The van der Waals surface area contributed by atoms with Gasteiger partial charge in [-0.15, -0.1) is 12.4 Å². The van der Waals surface area contributed by atoms with Crippen LogP contribution in [0.5, 0.6) is 23.0 Å². The number of aliphatic imine (C=N–C) groups is 2. The zero-order valence-electron chi connectivity index (χ0n) is 16.9. The number of methoxy groups -OCH3 is 3. The molecule has 0 heterocycles. The van der Waals surface area contributed by atoms with Gasteiger partial charge in [-0.3, -0.25) is 4.84 Å². The van der Waals surface area contributed by atoms with E-state index in [4.69, 9.17) is 35.3 Å². The fourth-order valence-corrected chi connectivity index (χ4v) is 2.03.